The van der Waals surface area contributed by atoms with Gasteiger partial charge in [-0.3, -0.25) is 4.79 Å². The Morgan fingerprint density at radius 3 is 2.60 bits per heavy atom. The molecular weight excluding hydrogens is 128 g/mol. The van der Waals surface area contributed by atoms with Crippen LogP contribution in [-0.2, 0) is 4.79 Å². The Morgan fingerprint density at radius 1 is 1.80 bits per heavy atom. The highest BCUT2D eigenvalue weighted by atomic mass is 16.3. The van der Waals surface area contributed by atoms with Crippen LogP contribution in [-0.4, -0.2) is 16.5 Å². The van der Waals surface area contributed by atoms with E-state index in [2.05, 4.69) is 0 Å². The fraction of sp³-hybridized carbons (Fsp3) is 0.625. The van der Waals surface area contributed by atoms with Crippen molar-refractivity contribution in [3.63, 3.8) is 0 Å². The van der Waals surface area contributed by atoms with E-state index in [4.69, 9.17) is 0 Å². The maximum absolute atomic E-state index is 10.8. The zero-order valence-electron chi connectivity index (χ0n) is 6.35. The highest BCUT2D eigenvalue weighted by molar-refractivity contribution is 5.94. The minimum Gasteiger partial charge on any atom is -0.385 e. The third-order valence-electron chi connectivity index (χ3n) is 2.16. The molecule has 0 aromatic carbocycles. The van der Waals surface area contributed by atoms with E-state index in [1.807, 2.05) is 6.92 Å². The molecule has 1 N–H and O–H groups in total. The Bertz CT molecular complexity index is 193. The SMILES string of the molecule is CCC1(O)CC(=O)C=C1C. The molecule has 0 saturated heterocycles. The van der Waals surface area contributed by atoms with Crippen LogP contribution in [0.4, 0.5) is 0 Å². The second-order valence-corrected chi connectivity index (χ2v) is 2.86. The van der Waals surface area contributed by atoms with Crippen molar-refractivity contribution >= 4 is 5.78 Å². The standard InChI is InChI=1S/C8H12O2/c1-3-8(10)5-7(9)4-6(8)2/h4,10H,3,5H2,1-2H3. The van der Waals surface area contributed by atoms with Crippen LogP contribution < -0.4 is 0 Å². The maximum atomic E-state index is 10.8. The number of carbonyl (C=O) groups is 1. The van der Waals surface area contributed by atoms with Gasteiger partial charge in [0.25, 0.3) is 0 Å². The van der Waals surface area contributed by atoms with Gasteiger partial charge < -0.3 is 5.11 Å². The van der Waals surface area contributed by atoms with Gasteiger partial charge in [-0.05, 0) is 25.0 Å². The van der Waals surface area contributed by atoms with E-state index in [0.717, 1.165) is 5.57 Å². The first-order valence-corrected chi connectivity index (χ1v) is 3.52. The van der Waals surface area contributed by atoms with E-state index in [1.54, 1.807) is 6.92 Å². The third-order valence-corrected chi connectivity index (χ3v) is 2.16. The second-order valence-electron chi connectivity index (χ2n) is 2.86. The zero-order chi connectivity index (χ0) is 7.78. The molecule has 0 fully saturated rings. The molecule has 0 radical (unpaired) electrons. The van der Waals surface area contributed by atoms with Crippen LogP contribution in [0, 0.1) is 0 Å². The summed E-state index contributed by atoms with van der Waals surface area (Å²) in [4.78, 5) is 10.8. The number of carbonyl (C=O) groups excluding carboxylic acids is 1. The molecule has 2 nitrogen and oxygen atoms in total. The van der Waals surface area contributed by atoms with Gasteiger partial charge in [0.05, 0.1) is 5.60 Å². The molecule has 0 aromatic heterocycles. The van der Waals surface area contributed by atoms with Crippen molar-refractivity contribution < 1.29 is 9.90 Å². The highest BCUT2D eigenvalue weighted by Gasteiger charge is 2.34. The van der Waals surface area contributed by atoms with E-state index >= 15 is 0 Å². The summed E-state index contributed by atoms with van der Waals surface area (Å²) < 4.78 is 0. The lowest BCUT2D eigenvalue weighted by molar-refractivity contribution is -0.116. The van der Waals surface area contributed by atoms with Gasteiger partial charge in [-0.15, -0.1) is 0 Å². The Labute approximate surface area is 60.6 Å². The van der Waals surface area contributed by atoms with Gasteiger partial charge in [-0.1, -0.05) is 6.92 Å². The first kappa shape index (κ1) is 7.48. The topological polar surface area (TPSA) is 37.3 Å². The Morgan fingerprint density at radius 2 is 2.40 bits per heavy atom. The molecule has 2 heteroatoms. The van der Waals surface area contributed by atoms with Gasteiger partial charge in [0.2, 0.25) is 0 Å². The summed E-state index contributed by atoms with van der Waals surface area (Å²) in [7, 11) is 0. The smallest absolute Gasteiger partial charge is 0.158 e. The van der Waals surface area contributed by atoms with E-state index in [-0.39, 0.29) is 12.2 Å². The average molecular weight is 140 g/mol. The number of hydrogen-bond acceptors (Lipinski definition) is 2. The molecule has 0 aliphatic heterocycles. The molecule has 0 heterocycles. The first-order chi connectivity index (χ1) is 4.58. The second kappa shape index (κ2) is 2.20. The van der Waals surface area contributed by atoms with Gasteiger partial charge >= 0.3 is 0 Å². The van der Waals surface area contributed by atoms with Gasteiger partial charge in [0.1, 0.15) is 0 Å². The van der Waals surface area contributed by atoms with Crippen LogP contribution in [0.3, 0.4) is 0 Å². The fourth-order valence-electron chi connectivity index (χ4n) is 1.26. The molecule has 0 saturated carbocycles. The van der Waals surface area contributed by atoms with E-state index in [9.17, 15) is 9.90 Å². The molecule has 0 bridgehead atoms. The summed E-state index contributed by atoms with van der Waals surface area (Å²) in [6.07, 6.45) is 2.43. The number of rotatable bonds is 1. The predicted molar refractivity (Wildman–Crippen MR) is 38.6 cm³/mol. The van der Waals surface area contributed by atoms with Gasteiger partial charge in [-0.25, -0.2) is 0 Å². The van der Waals surface area contributed by atoms with Crippen LogP contribution in [0.25, 0.3) is 0 Å². The van der Waals surface area contributed by atoms with Gasteiger partial charge in [0.15, 0.2) is 5.78 Å². The Hall–Kier alpha value is -0.630. The zero-order valence-corrected chi connectivity index (χ0v) is 6.35. The van der Waals surface area contributed by atoms with E-state index in [1.165, 1.54) is 6.08 Å². The normalized spacial score (nSPS) is 32.7. The Kier molecular flexibility index (Phi) is 1.65. The predicted octanol–water partition coefficient (Wildman–Crippen LogP) is 1.05. The van der Waals surface area contributed by atoms with Crippen molar-refractivity contribution in [1.29, 1.82) is 0 Å². The minimum absolute atomic E-state index is 0.0434. The number of aliphatic hydroxyl groups is 1. The Balaban J connectivity index is 2.86. The van der Waals surface area contributed by atoms with E-state index in [0.29, 0.717) is 6.42 Å². The van der Waals surface area contributed by atoms with Crippen molar-refractivity contribution in [2.45, 2.75) is 32.3 Å². The van der Waals surface area contributed by atoms with Crippen LogP contribution in [0.2, 0.25) is 0 Å². The largest absolute Gasteiger partial charge is 0.385 e. The summed E-state index contributed by atoms with van der Waals surface area (Å²) >= 11 is 0. The van der Waals surface area contributed by atoms with Crippen LogP contribution in [0.15, 0.2) is 11.6 Å². The van der Waals surface area contributed by atoms with Gasteiger partial charge in [0, 0.05) is 6.42 Å². The summed E-state index contributed by atoms with van der Waals surface area (Å²) in [5.41, 5.74) is -0.0168. The van der Waals surface area contributed by atoms with Crippen molar-refractivity contribution in [1.82, 2.24) is 0 Å². The molecule has 56 valence electrons. The van der Waals surface area contributed by atoms with E-state index < -0.39 is 5.60 Å². The van der Waals surface area contributed by atoms with Crippen molar-refractivity contribution in [2.24, 2.45) is 0 Å². The molecule has 0 spiro atoms. The van der Waals surface area contributed by atoms with Crippen LogP contribution >= 0.6 is 0 Å². The molecule has 10 heavy (non-hydrogen) atoms. The van der Waals surface area contributed by atoms with Crippen molar-refractivity contribution in [3.05, 3.63) is 11.6 Å². The molecule has 0 amide bonds. The maximum Gasteiger partial charge on any atom is 0.158 e. The summed E-state index contributed by atoms with van der Waals surface area (Å²) in [6.45, 7) is 3.68. The highest BCUT2D eigenvalue weighted by Crippen LogP contribution is 2.30. The molecule has 1 aliphatic carbocycles. The quantitative estimate of drug-likeness (QED) is 0.591. The molecule has 0 aromatic rings. The van der Waals surface area contributed by atoms with Crippen LogP contribution in [0.5, 0.6) is 0 Å². The summed E-state index contributed by atoms with van der Waals surface area (Å²) in [5.74, 6) is 0.0434. The first-order valence-electron chi connectivity index (χ1n) is 3.52. The lowest BCUT2D eigenvalue weighted by atomic mass is 9.94. The number of allylic oxidation sites excluding steroid dienone is 1. The number of ketones is 1. The summed E-state index contributed by atoms with van der Waals surface area (Å²) in [6, 6.07) is 0. The lowest BCUT2D eigenvalue weighted by Gasteiger charge is -2.20. The van der Waals surface area contributed by atoms with Crippen LogP contribution in [0.1, 0.15) is 26.7 Å². The summed E-state index contributed by atoms with van der Waals surface area (Å²) in [5, 5.41) is 9.65. The lowest BCUT2D eigenvalue weighted by Crippen LogP contribution is -2.26. The number of hydrogen-bond donors (Lipinski definition) is 1. The minimum atomic E-state index is -0.822. The average Bonchev–Trinajstić information content (AvgIpc) is 2.09. The molecule has 1 atom stereocenters. The molecule has 1 rings (SSSR count). The monoisotopic (exact) mass is 140 g/mol. The molecular formula is C8H12O2. The third kappa shape index (κ3) is 0.991. The fourth-order valence-corrected chi connectivity index (χ4v) is 1.26. The van der Waals surface area contributed by atoms with Gasteiger partial charge in [-0.2, -0.15) is 0 Å². The molecule has 1 aliphatic rings. The van der Waals surface area contributed by atoms with Crippen molar-refractivity contribution in [3.8, 4) is 0 Å². The molecule has 1 unspecified atom stereocenters. The van der Waals surface area contributed by atoms with Crippen molar-refractivity contribution in [2.75, 3.05) is 0 Å².